The van der Waals surface area contributed by atoms with E-state index < -0.39 is 5.82 Å². The summed E-state index contributed by atoms with van der Waals surface area (Å²) in [5.74, 6) is 0.295. The molecule has 0 bridgehead atoms. The highest BCUT2D eigenvalue weighted by molar-refractivity contribution is 5.72. The van der Waals surface area contributed by atoms with E-state index >= 15 is 0 Å². The van der Waals surface area contributed by atoms with Crippen molar-refractivity contribution in [1.29, 1.82) is 0 Å². The number of anilines is 1. The molecule has 2 aliphatic rings. The number of benzene rings is 2. The molecular formula is C22H23FN2O4. The van der Waals surface area contributed by atoms with Crippen molar-refractivity contribution in [1.82, 2.24) is 5.48 Å². The van der Waals surface area contributed by atoms with Gasteiger partial charge in [0, 0.05) is 49.8 Å². The van der Waals surface area contributed by atoms with Crippen LogP contribution in [0.15, 0.2) is 54.2 Å². The van der Waals surface area contributed by atoms with E-state index in [9.17, 15) is 4.39 Å². The lowest BCUT2D eigenvalue weighted by molar-refractivity contribution is 0.0988. The van der Waals surface area contributed by atoms with E-state index in [1.807, 2.05) is 31.3 Å². The fraction of sp³-hybridized carbons (Fsp3) is 0.273. The molecule has 0 aromatic heterocycles. The fourth-order valence-corrected chi connectivity index (χ4v) is 3.17. The molecule has 1 atom stereocenters. The Hall–Kier alpha value is -3.03. The number of halogens is 1. The molecule has 1 N–H and O–H groups in total. The van der Waals surface area contributed by atoms with Crippen molar-refractivity contribution in [2.24, 2.45) is 0 Å². The Morgan fingerprint density at radius 1 is 1.21 bits per heavy atom. The quantitative estimate of drug-likeness (QED) is 0.719. The molecule has 1 saturated heterocycles. The Bertz CT molecular complexity index is 938. The molecule has 4 rings (SSSR count). The standard InChI is InChI=1S/C22H23FN2O4/c1-25-21-5-3-15(7-17(21)4-6-22(25)26-2)14-28-19-8-18(23)9-20(10-19)29-24-11-16-12-27-13-16/h3-11,22,24H,12-14H2,1-2H3. The maximum atomic E-state index is 13.9. The summed E-state index contributed by atoms with van der Waals surface area (Å²) in [5.41, 5.74) is 6.93. The van der Waals surface area contributed by atoms with Gasteiger partial charge in [0.25, 0.3) is 0 Å². The van der Waals surface area contributed by atoms with Crippen LogP contribution in [0.25, 0.3) is 6.08 Å². The highest BCUT2D eigenvalue weighted by Crippen LogP contribution is 2.29. The van der Waals surface area contributed by atoms with Crippen LogP contribution in [0.5, 0.6) is 11.5 Å². The maximum absolute atomic E-state index is 13.9. The first-order chi connectivity index (χ1) is 14.1. The van der Waals surface area contributed by atoms with Gasteiger partial charge in [-0.05, 0) is 29.3 Å². The van der Waals surface area contributed by atoms with Crippen molar-refractivity contribution in [3.8, 4) is 11.5 Å². The van der Waals surface area contributed by atoms with Gasteiger partial charge in [-0.2, -0.15) is 0 Å². The van der Waals surface area contributed by atoms with Gasteiger partial charge in [-0.1, -0.05) is 12.1 Å². The molecule has 2 aliphatic heterocycles. The van der Waals surface area contributed by atoms with Crippen LogP contribution in [0.3, 0.4) is 0 Å². The second-order valence-electron chi connectivity index (χ2n) is 6.92. The lowest BCUT2D eigenvalue weighted by Gasteiger charge is -2.31. The van der Waals surface area contributed by atoms with Gasteiger partial charge in [-0.3, -0.25) is 0 Å². The molecule has 2 aromatic rings. The molecule has 0 aliphatic carbocycles. The Morgan fingerprint density at radius 3 is 2.79 bits per heavy atom. The van der Waals surface area contributed by atoms with Gasteiger partial charge in [-0.15, -0.1) is 0 Å². The van der Waals surface area contributed by atoms with Gasteiger partial charge in [0.15, 0.2) is 5.75 Å². The minimum absolute atomic E-state index is 0.0728. The molecule has 2 aromatic carbocycles. The predicted octanol–water partition coefficient (Wildman–Crippen LogP) is 3.64. The minimum Gasteiger partial charge on any atom is -0.489 e. The maximum Gasteiger partial charge on any atom is 0.161 e. The van der Waals surface area contributed by atoms with Crippen LogP contribution >= 0.6 is 0 Å². The van der Waals surface area contributed by atoms with Gasteiger partial charge >= 0.3 is 0 Å². The van der Waals surface area contributed by atoms with Gasteiger partial charge in [0.1, 0.15) is 24.4 Å². The molecule has 0 saturated carbocycles. The number of hydrogen-bond acceptors (Lipinski definition) is 6. The average Bonchev–Trinajstić information content (AvgIpc) is 2.68. The lowest BCUT2D eigenvalue weighted by Crippen LogP contribution is -2.33. The van der Waals surface area contributed by atoms with Crippen molar-refractivity contribution in [2.75, 3.05) is 32.3 Å². The third-order valence-corrected chi connectivity index (χ3v) is 4.80. The Morgan fingerprint density at radius 2 is 2.03 bits per heavy atom. The monoisotopic (exact) mass is 398 g/mol. The number of nitrogens with one attached hydrogen (secondary N) is 1. The summed E-state index contributed by atoms with van der Waals surface area (Å²) in [6.45, 7) is 1.49. The van der Waals surface area contributed by atoms with E-state index in [0.717, 1.165) is 22.4 Å². The molecular weight excluding hydrogens is 375 g/mol. The molecule has 29 heavy (non-hydrogen) atoms. The van der Waals surface area contributed by atoms with Crippen molar-refractivity contribution >= 4 is 11.8 Å². The number of nitrogens with zero attached hydrogens (tertiary/aromatic N) is 1. The summed E-state index contributed by atoms with van der Waals surface area (Å²) in [4.78, 5) is 7.43. The third kappa shape index (κ3) is 4.52. The molecule has 0 amide bonds. The highest BCUT2D eigenvalue weighted by Gasteiger charge is 2.18. The number of hydroxylamine groups is 1. The van der Waals surface area contributed by atoms with Crippen LogP contribution in [-0.4, -0.2) is 33.6 Å². The normalized spacial score (nSPS) is 17.4. The van der Waals surface area contributed by atoms with Crippen molar-refractivity contribution in [3.63, 3.8) is 0 Å². The first-order valence-corrected chi connectivity index (χ1v) is 9.30. The Labute approximate surface area is 169 Å². The number of rotatable bonds is 7. The number of fused-ring (bicyclic) bond motifs is 1. The molecule has 0 spiro atoms. The van der Waals surface area contributed by atoms with Crippen LogP contribution < -0.4 is 20.0 Å². The number of ether oxygens (including phenoxy) is 3. The second kappa shape index (κ2) is 8.55. The number of methoxy groups -OCH3 is 1. The van der Waals surface area contributed by atoms with Crippen LogP contribution in [0.1, 0.15) is 11.1 Å². The molecule has 0 radical (unpaired) electrons. The zero-order valence-corrected chi connectivity index (χ0v) is 16.4. The van der Waals surface area contributed by atoms with Crippen molar-refractivity contribution < 1.29 is 23.4 Å². The summed E-state index contributed by atoms with van der Waals surface area (Å²) in [5, 5.41) is 0. The average molecular weight is 398 g/mol. The smallest absolute Gasteiger partial charge is 0.161 e. The Balaban J connectivity index is 1.40. The van der Waals surface area contributed by atoms with E-state index in [-0.39, 0.29) is 6.23 Å². The molecule has 1 unspecified atom stereocenters. The van der Waals surface area contributed by atoms with Gasteiger partial charge < -0.3 is 23.9 Å². The predicted molar refractivity (Wildman–Crippen MR) is 108 cm³/mol. The molecule has 2 heterocycles. The number of hydrogen-bond donors (Lipinski definition) is 1. The van der Waals surface area contributed by atoms with Crippen molar-refractivity contribution in [3.05, 3.63) is 71.2 Å². The highest BCUT2D eigenvalue weighted by atomic mass is 19.1. The summed E-state index contributed by atoms with van der Waals surface area (Å²) in [6.07, 6.45) is 5.67. The van der Waals surface area contributed by atoms with E-state index in [0.29, 0.717) is 31.3 Å². The summed E-state index contributed by atoms with van der Waals surface area (Å²) < 4.78 is 30.2. The van der Waals surface area contributed by atoms with Crippen LogP contribution in [0.4, 0.5) is 10.1 Å². The molecule has 152 valence electrons. The SMILES string of the molecule is COC1C=Cc2cc(COc3cc(F)cc(ONC=C4COC4)c3)ccc2N1C. The lowest BCUT2D eigenvalue weighted by atomic mass is 10.0. The van der Waals surface area contributed by atoms with Gasteiger partial charge in [0.05, 0.1) is 13.2 Å². The van der Waals surface area contributed by atoms with Crippen LogP contribution in [0, 0.1) is 5.82 Å². The summed E-state index contributed by atoms with van der Waals surface area (Å²) in [7, 11) is 3.67. The van der Waals surface area contributed by atoms with E-state index in [1.54, 1.807) is 19.4 Å². The first-order valence-electron chi connectivity index (χ1n) is 9.30. The van der Waals surface area contributed by atoms with Gasteiger partial charge in [0.2, 0.25) is 0 Å². The third-order valence-electron chi connectivity index (χ3n) is 4.80. The van der Waals surface area contributed by atoms with Crippen LogP contribution in [-0.2, 0) is 16.1 Å². The molecule has 6 nitrogen and oxygen atoms in total. The topological polar surface area (TPSA) is 52.2 Å². The second-order valence-corrected chi connectivity index (χ2v) is 6.92. The zero-order valence-electron chi connectivity index (χ0n) is 16.4. The van der Waals surface area contributed by atoms with E-state index in [2.05, 4.69) is 16.4 Å². The zero-order chi connectivity index (χ0) is 20.2. The van der Waals surface area contributed by atoms with E-state index in [1.165, 1.54) is 12.1 Å². The Kier molecular flexibility index (Phi) is 5.69. The number of likely N-dealkylation sites (N-methyl/N-ethyl adjacent to an activating group) is 1. The fourth-order valence-electron chi connectivity index (χ4n) is 3.17. The summed E-state index contributed by atoms with van der Waals surface area (Å²) >= 11 is 0. The van der Waals surface area contributed by atoms with Crippen LogP contribution in [0.2, 0.25) is 0 Å². The largest absolute Gasteiger partial charge is 0.489 e. The van der Waals surface area contributed by atoms with Crippen molar-refractivity contribution in [2.45, 2.75) is 12.8 Å². The van der Waals surface area contributed by atoms with Gasteiger partial charge in [-0.25, -0.2) is 9.87 Å². The molecule has 7 heteroatoms. The summed E-state index contributed by atoms with van der Waals surface area (Å²) in [6, 6.07) is 10.3. The van der Waals surface area contributed by atoms with E-state index in [4.69, 9.17) is 19.0 Å². The minimum atomic E-state index is -0.431. The molecule has 1 fully saturated rings. The first kappa shape index (κ1) is 19.3.